The van der Waals surface area contributed by atoms with Crippen LogP contribution in [0, 0.1) is 0 Å². The highest BCUT2D eigenvalue weighted by atomic mass is 32.2. The smallest absolute Gasteiger partial charge is 0.190 e. The zero-order valence-electron chi connectivity index (χ0n) is 29.3. The van der Waals surface area contributed by atoms with Crippen LogP contribution in [0.2, 0.25) is 0 Å². The van der Waals surface area contributed by atoms with E-state index < -0.39 is 8.07 Å². The monoisotopic (exact) mass is 723 g/mol. The molecule has 4 heteroatoms. The Bertz CT molecular complexity index is 2800. The van der Waals surface area contributed by atoms with Crippen LogP contribution in [-0.4, -0.2) is 8.07 Å². The van der Waals surface area contributed by atoms with Crippen LogP contribution in [0.4, 0.5) is 17.1 Å². The Labute approximate surface area is 320 Å². The van der Waals surface area contributed by atoms with E-state index in [1.807, 2.05) is 11.8 Å². The Hall–Kier alpha value is -6.33. The Kier molecular flexibility index (Phi) is 7.16. The molecule has 0 aromatic heterocycles. The predicted molar refractivity (Wildman–Crippen MR) is 229 cm³/mol. The number of anilines is 3. The van der Waals surface area contributed by atoms with E-state index in [1.54, 1.807) is 0 Å². The topological polar surface area (TPSA) is 12.5 Å². The average molecular weight is 724 g/mol. The highest BCUT2D eigenvalue weighted by Gasteiger charge is 2.52. The summed E-state index contributed by atoms with van der Waals surface area (Å²) < 4.78 is 6.88. The molecule has 54 heavy (non-hydrogen) atoms. The Balaban J connectivity index is 1.21. The fourth-order valence-electron chi connectivity index (χ4n) is 8.82. The molecule has 0 unspecified atom stereocenters. The van der Waals surface area contributed by atoms with Crippen molar-refractivity contribution in [3.05, 3.63) is 200 Å². The lowest BCUT2D eigenvalue weighted by Gasteiger charge is -2.43. The molecule has 11 rings (SSSR count). The first kappa shape index (κ1) is 31.2. The van der Waals surface area contributed by atoms with Crippen LogP contribution >= 0.6 is 11.8 Å². The summed E-state index contributed by atoms with van der Waals surface area (Å²) in [6, 6.07) is 73.4. The molecule has 0 radical (unpaired) electrons. The van der Waals surface area contributed by atoms with Gasteiger partial charge in [0.25, 0.3) is 0 Å². The maximum Gasteiger partial charge on any atom is 0.190 e. The van der Waals surface area contributed by atoms with Gasteiger partial charge in [-0.1, -0.05) is 157 Å². The summed E-state index contributed by atoms with van der Waals surface area (Å²) in [7, 11) is -2.85. The molecule has 0 aliphatic carbocycles. The van der Waals surface area contributed by atoms with Crippen molar-refractivity contribution in [2.45, 2.75) is 9.79 Å². The minimum atomic E-state index is -2.85. The molecule has 1 spiro atoms. The van der Waals surface area contributed by atoms with Gasteiger partial charge in [0.1, 0.15) is 11.5 Å². The molecule has 2 aliphatic rings. The molecular weight excluding hydrogens is 691 g/mol. The first-order valence-corrected chi connectivity index (χ1v) is 21.2. The van der Waals surface area contributed by atoms with Gasteiger partial charge in [-0.15, -0.1) is 0 Å². The number of benzene rings is 9. The van der Waals surface area contributed by atoms with Gasteiger partial charge in [0, 0.05) is 26.6 Å². The number of rotatable bonds is 4. The summed E-state index contributed by atoms with van der Waals surface area (Å²) >= 11 is 1.89. The SMILES string of the molecule is c1ccc(-c2ccc(N(c3ccc4c(c3)[Si]3(c5ccccc5O4)c4ccccc4Sc4ccccc43)c3cc4ccccc4c4ccccc34)cc2)cc1. The molecule has 0 amide bonds. The van der Waals surface area contributed by atoms with Gasteiger partial charge in [0.05, 0.1) is 5.69 Å². The number of nitrogens with zero attached hydrogens (tertiary/aromatic N) is 1. The fourth-order valence-corrected chi connectivity index (χ4v) is 16.0. The summed E-state index contributed by atoms with van der Waals surface area (Å²) in [6.07, 6.45) is 0. The van der Waals surface area contributed by atoms with Crippen molar-refractivity contribution in [1.82, 2.24) is 0 Å². The standard InChI is InChI=1S/C50H33NOSSi/c1-2-14-34(15-3-1)35-26-28-37(29-27-35)51(42-32-36-16-4-5-17-39(36)40-18-6-7-19-41(40)42)38-30-31-44-50(33-38)54(47-23-11-8-20-43(47)52-44)48-24-12-9-21-45(48)53-46-22-10-13-25-49(46)54/h1-33H. The summed E-state index contributed by atoms with van der Waals surface area (Å²) in [5.74, 6) is 1.89. The van der Waals surface area contributed by atoms with Crippen LogP contribution in [-0.2, 0) is 0 Å². The lowest BCUT2D eigenvalue weighted by molar-refractivity contribution is 0.487. The Morgan fingerprint density at radius 2 is 0.944 bits per heavy atom. The second-order valence-corrected chi connectivity index (χ2v) is 18.8. The number of ether oxygens (including phenoxy) is 1. The first-order chi connectivity index (χ1) is 26.8. The Morgan fingerprint density at radius 3 is 1.70 bits per heavy atom. The van der Waals surface area contributed by atoms with Gasteiger partial charge in [-0.3, -0.25) is 0 Å². The molecule has 0 saturated heterocycles. The van der Waals surface area contributed by atoms with Crippen molar-refractivity contribution in [3.63, 3.8) is 0 Å². The summed E-state index contributed by atoms with van der Waals surface area (Å²) in [5.41, 5.74) is 5.74. The van der Waals surface area contributed by atoms with Crippen molar-refractivity contribution in [1.29, 1.82) is 0 Å². The van der Waals surface area contributed by atoms with E-state index in [0.29, 0.717) is 0 Å². The molecule has 254 valence electrons. The molecule has 9 aromatic rings. The number of hydrogen-bond acceptors (Lipinski definition) is 3. The second-order valence-electron chi connectivity index (χ2n) is 14.0. The third-order valence-electron chi connectivity index (χ3n) is 11.2. The maximum atomic E-state index is 6.88. The Morgan fingerprint density at radius 1 is 0.389 bits per heavy atom. The highest BCUT2D eigenvalue weighted by molar-refractivity contribution is 8.00. The van der Waals surface area contributed by atoms with Crippen LogP contribution in [0.25, 0.3) is 32.7 Å². The van der Waals surface area contributed by atoms with Crippen molar-refractivity contribution >= 4 is 79.2 Å². The first-order valence-electron chi connectivity index (χ1n) is 18.4. The van der Waals surface area contributed by atoms with E-state index >= 15 is 0 Å². The van der Waals surface area contributed by atoms with E-state index in [-0.39, 0.29) is 0 Å². The zero-order valence-corrected chi connectivity index (χ0v) is 31.1. The van der Waals surface area contributed by atoms with Gasteiger partial charge in [-0.2, -0.15) is 0 Å². The largest absolute Gasteiger partial charge is 0.458 e. The van der Waals surface area contributed by atoms with Gasteiger partial charge in [0.2, 0.25) is 0 Å². The zero-order chi connectivity index (χ0) is 35.6. The lowest BCUT2D eigenvalue weighted by Crippen LogP contribution is -2.77. The summed E-state index contributed by atoms with van der Waals surface area (Å²) in [6.45, 7) is 0. The van der Waals surface area contributed by atoms with Crippen molar-refractivity contribution in [2.24, 2.45) is 0 Å². The molecule has 2 heterocycles. The highest BCUT2D eigenvalue weighted by Crippen LogP contribution is 2.44. The average Bonchev–Trinajstić information content (AvgIpc) is 3.24. The number of para-hydroxylation sites is 1. The molecule has 0 N–H and O–H groups in total. The molecule has 0 fully saturated rings. The molecule has 2 aliphatic heterocycles. The van der Waals surface area contributed by atoms with Crippen LogP contribution in [0.15, 0.2) is 210 Å². The molecule has 0 atom stereocenters. The van der Waals surface area contributed by atoms with Gasteiger partial charge in [-0.05, 0) is 103 Å². The van der Waals surface area contributed by atoms with E-state index in [9.17, 15) is 0 Å². The van der Waals surface area contributed by atoms with E-state index in [2.05, 4.69) is 205 Å². The third kappa shape index (κ3) is 4.67. The van der Waals surface area contributed by atoms with Crippen LogP contribution in [0.3, 0.4) is 0 Å². The minimum Gasteiger partial charge on any atom is -0.458 e. The fraction of sp³-hybridized carbons (Fsp3) is 0. The second kappa shape index (κ2) is 12.4. The van der Waals surface area contributed by atoms with Gasteiger partial charge in [0.15, 0.2) is 8.07 Å². The van der Waals surface area contributed by atoms with Crippen molar-refractivity contribution in [3.8, 4) is 22.6 Å². The van der Waals surface area contributed by atoms with Crippen molar-refractivity contribution in [2.75, 3.05) is 4.90 Å². The van der Waals surface area contributed by atoms with Gasteiger partial charge < -0.3 is 9.64 Å². The predicted octanol–water partition coefficient (Wildman–Crippen LogP) is 11.1. The van der Waals surface area contributed by atoms with Crippen LogP contribution in [0.5, 0.6) is 11.5 Å². The van der Waals surface area contributed by atoms with Crippen LogP contribution in [0.1, 0.15) is 0 Å². The lowest BCUT2D eigenvalue weighted by atomic mass is 9.98. The third-order valence-corrected chi connectivity index (χ3v) is 17.6. The molecule has 2 nitrogen and oxygen atoms in total. The van der Waals surface area contributed by atoms with E-state index in [1.165, 1.54) is 63.2 Å². The molecular formula is C50H33NOSSi. The molecule has 0 bridgehead atoms. The van der Waals surface area contributed by atoms with E-state index in [4.69, 9.17) is 4.74 Å². The normalized spacial score (nSPS) is 13.4. The quantitative estimate of drug-likeness (QED) is 0.133. The number of hydrogen-bond donors (Lipinski definition) is 0. The van der Waals surface area contributed by atoms with Gasteiger partial charge in [-0.25, -0.2) is 0 Å². The van der Waals surface area contributed by atoms with Crippen molar-refractivity contribution < 1.29 is 4.74 Å². The minimum absolute atomic E-state index is 0.934. The summed E-state index contributed by atoms with van der Waals surface area (Å²) in [5, 5.41) is 10.3. The van der Waals surface area contributed by atoms with Crippen LogP contribution < -0.4 is 30.4 Å². The number of fused-ring (bicyclic) bond motifs is 11. The van der Waals surface area contributed by atoms with Gasteiger partial charge >= 0.3 is 0 Å². The van der Waals surface area contributed by atoms with E-state index in [0.717, 1.165) is 28.6 Å². The summed E-state index contributed by atoms with van der Waals surface area (Å²) in [4.78, 5) is 5.11. The maximum absolute atomic E-state index is 6.88. The molecule has 0 saturated carbocycles. The molecule has 9 aromatic carbocycles.